The van der Waals surface area contributed by atoms with Crippen molar-refractivity contribution in [2.75, 3.05) is 6.54 Å². The van der Waals surface area contributed by atoms with E-state index in [4.69, 9.17) is 0 Å². The minimum absolute atomic E-state index is 0.0890. The normalized spacial score (nSPS) is 20.3. The molecule has 1 fully saturated rings. The predicted octanol–water partition coefficient (Wildman–Crippen LogP) is 1.52. The van der Waals surface area contributed by atoms with Gasteiger partial charge in [-0.25, -0.2) is 0 Å². The predicted molar refractivity (Wildman–Crippen MR) is 65.5 cm³/mol. The van der Waals surface area contributed by atoms with Crippen LogP contribution < -0.4 is 10.6 Å². The third kappa shape index (κ3) is 2.62. The first-order valence-corrected chi connectivity index (χ1v) is 6.66. The highest BCUT2D eigenvalue weighted by Gasteiger charge is 2.24. The van der Waals surface area contributed by atoms with Gasteiger partial charge in [0.05, 0.1) is 9.35 Å². The van der Waals surface area contributed by atoms with Crippen LogP contribution in [0.3, 0.4) is 0 Å². The topological polar surface area (TPSA) is 58.2 Å². The van der Waals surface area contributed by atoms with Crippen LogP contribution in [0.5, 0.6) is 0 Å². The molecule has 4 nitrogen and oxygen atoms in total. The third-order valence-electron chi connectivity index (χ3n) is 2.42. The fourth-order valence-corrected chi connectivity index (χ4v) is 2.72. The lowest BCUT2D eigenvalue weighted by Gasteiger charge is -2.22. The Morgan fingerprint density at radius 1 is 1.62 bits per heavy atom. The molecule has 0 aliphatic carbocycles. The van der Waals surface area contributed by atoms with Gasteiger partial charge in [-0.15, -0.1) is 11.3 Å². The molecule has 0 spiro atoms. The van der Waals surface area contributed by atoms with Gasteiger partial charge in [-0.2, -0.15) is 0 Å². The van der Waals surface area contributed by atoms with Crippen LogP contribution in [0.25, 0.3) is 0 Å². The summed E-state index contributed by atoms with van der Waals surface area (Å²) < 4.78 is 0.908. The molecule has 2 amide bonds. The van der Waals surface area contributed by atoms with E-state index in [-0.39, 0.29) is 17.9 Å². The van der Waals surface area contributed by atoms with Crippen LogP contribution in [0, 0.1) is 0 Å². The molecule has 1 atom stereocenters. The van der Waals surface area contributed by atoms with Crippen LogP contribution in [0.4, 0.5) is 0 Å². The molecule has 1 aliphatic heterocycles. The van der Waals surface area contributed by atoms with E-state index in [2.05, 4.69) is 26.6 Å². The number of piperidine rings is 1. The lowest BCUT2D eigenvalue weighted by molar-refractivity contribution is -0.124. The van der Waals surface area contributed by atoms with Gasteiger partial charge in [0.2, 0.25) is 5.91 Å². The molecule has 1 unspecified atom stereocenters. The Balaban J connectivity index is 1.99. The van der Waals surface area contributed by atoms with Crippen molar-refractivity contribution >= 4 is 39.1 Å². The summed E-state index contributed by atoms with van der Waals surface area (Å²) in [5, 5.41) is 7.23. The van der Waals surface area contributed by atoms with Gasteiger partial charge in [0, 0.05) is 11.9 Å². The molecule has 0 radical (unpaired) electrons. The van der Waals surface area contributed by atoms with E-state index in [9.17, 15) is 9.59 Å². The van der Waals surface area contributed by atoms with Gasteiger partial charge in [-0.3, -0.25) is 9.59 Å². The van der Waals surface area contributed by atoms with Gasteiger partial charge in [0.15, 0.2) is 0 Å². The molecule has 6 heteroatoms. The Morgan fingerprint density at radius 3 is 3.06 bits per heavy atom. The molecule has 16 heavy (non-hydrogen) atoms. The molecule has 2 rings (SSSR count). The van der Waals surface area contributed by atoms with Gasteiger partial charge in [0.25, 0.3) is 5.91 Å². The van der Waals surface area contributed by atoms with E-state index >= 15 is 0 Å². The van der Waals surface area contributed by atoms with Crippen molar-refractivity contribution in [3.63, 3.8) is 0 Å². The highest BCUT2D eigenvalue weighted by atomic mass is 79.9. The van der Waals surface area contributed by atoms with Crippen LogP contribution in [-0.4, -0.2) is 24.4 Å². The first kappa shape index (κ1) is 11.6. The molecule has 0 bridgehead atoms. The zero-order chi connectivity index (χ0) is 11.5. The maximum Gasteiger partial charge on any atom is 0.252 e. The van der Waals surface area contributed by atoms with Crippen LogP contribution in [0.15, 0.2) is 15.2 Å². The minimum atomic E-state index is -0.389. The monoisotopic (exact) mass is 302 g/mol. The molecule has 2 N–H and O–H groups in total. The maximum absolute atomic E-state index is 11.8. The number of carbonyl (C=O) groups is 2. The Morgan fingerprint density at radius 2 is 2.44 bits per heavy atom. The van der Waals surface area contributed by atoms with Crippen LogP contribution in [-0.2, 0) is 4.79 Å². The Labute approximate surface area is 106 Å². The van der Waals surface area contributed by atoms with Crippen molar-refractivity contribution in [3.8, 4) is 0 Å². The van der Waals surface area contributed by atoms with Crippen molar-refractivity contribution in [2.45, 2.75) is 18.9 Å². The second-order valence-corrected chi connectivity index (χ2v) is 5.89. The Bertz CT molecular complexity index is 419. The fraction of sp³-hybridized carbons (Fsp3) is 0.400. The number of hydrogen-bond donors (Lipinski definition) is 2. The van der Waals surface area contributed by atoms with E-state index < -0.39 is 0 Å². The second-order valence-electron chi connectivity index (χ2n) is 3.60. The first-order chi connectivity index (χ1) is 7.66. The highest BCUT2D eigenvalue weighted by Crippen LogP contribution is 2.20. The Hall–Kier alpha value is -0.880. The van der Waals surface area contributed by atoms with E-state index in [1.807, 2.05) is 0 Å². The molecule has 0 aromatic carbocycles. The molecule has 1 aromatic rings. The van der Waals surface area contributed by atoms with Crippen molar-refractivity contribution < 1.29 is 9.59 Å². The molecule has 1 saturated heterocycles. The van der Waals surface area contributed by atoms with Crippen molar-refractivity contribution in [3.05, 3.63) is 20.8 Å². The molecule has 1 aliphatic rings. The van der Waals surface area contributed by atoms with Crippen molar-refractivity contribution in [1.29, 1.82) is 0 Å². The number of nitrogens with one attached hydrogen (secondary N) is 2. The largest absolute Gasteiger partial charge is 0.354 e. The van der Waals surface area contributed by atoms with Gasteiger partial charge < -0.3 is 10.6 Å². The van der Waals surface area contributed by atoms with E-state index in [0.29, 0.717) is 18.5 Å². The zero-order valence-corrected chi connectivity index (χ0v) is 10.9. The summed E-state index contributed by atoms with van der Waals surface area (Å²) in [5.41, 5.74) is 0.593. The lowest BCUT2D eigenvalue weighted by Crippen LogP contribution is -2.50. The van der Waals surface area contributed by atoms with E-state index in [1.54, 1.807) is 11.4 Å². The number of thiophene rings is 1. The van der Waals surface area contributed by atoms with Gasteiger partial charge >= 0.3 is 0 Å². The summed E-state index contributed by atoms with van der Waals surface area (Å²) >= 11 is 4.75. The lowest BCUT2D eigenvalue weighted by atomic mass is 10.1. The fourth-order valence-electron chi connectivity index (χ4n) is 1.58. The summed E-state index contributed by atoms with van der Waals surface area (Å²) in [6, 6.07) is 1.36. The summed E-state index contributed by atoms with van der Waals surface area (Å²) in [6.07, 6.45) is 1.62. The van der Waals surface area contributed by atoms with E-state index in [1.165, 1.54) is 11.3 Å². The van der Waals surface area contributed by atoms with Gasteiger partial charge in [-0.1, -0.05) is 0 Å². The third-order valence-corrected chi connectivity index (χ3v) is 3.92. The van der Waals surface area contributed by atoms with Gasteiger partial charge in [0.1, 0.15) is 6.04 Å². The quantitative estimate of drug-likeness (QED) is 0.870. The second kappa shape index (κ2) is 4.97. The maximum atomic E-state index is 11.8. The summed E-state index contributed by atoms with van der Waals surface area (Å²) in [4.78, 5) is 23.2. The average molecular weight is 303 g/mol. The standard InChI is InChI=1S/C10H11BrN2O2S/c11-8-4-6(5-16-8)9(14)13-7-2-1-3-12-10(7)15/h4-5,7H,1-3H2,(H,12,15)(H,13,14). The first-order valence-electron chi connectivity index (χ1n) is 4.99. The zero-order valence-electron chi connectivity index (χ0n) is 8.46. The van der Waals surface area contributed by atoms with Crippen molar-refractivity contribution in [2.24, 2.45) is 0 Å². The Kier molecular flexibility index (Phi) is 3.60. The molecular formula is C10H11BrN2O2S. The SMILES string of the molecule is O=C(NC1CCCNC1=O)c1csc(Br)c1. The summed E-state index contributed by atoms with van der Waals surface area (Å²) in [5.74, 6) is -0.280. The number of amides is 2. The minimum Gasteiger partial charge on any atom is -0.354 e. The molecule has 0 saturated carbocycles. The molecule has 86 valence electrons. The molecule has 2 heterocycles. The number of rotatable bonds is 2. The van der Waals surface area contributed by atoms with Crippen LogP contribution in [0.1, 0.15) is 23.2 Å². The average Bonchev–Trinajstić information content (AvgIpc) is 2.68. The van der Waals surface area contributed by atoms with Crippen molar-refractivity contribution in [1.82, 2.24) is 10.6 Å². The molecular weight excluding hydrogens is 292 g/mol. The number of halogens is 1. The van der Waals surface area contributed by atoms with Crippen LogP contribution >= 0.6 is 27.3 Å². The van der Waals surface area contributed by atoms with Crippen LogP contribution in [0.2, 0.25) is 0 Å². The van der Waals surface area contributed by atoms with Gasteiger partial charge in [-0.05, 0) is 34.8 Å². The smallest absolute Gasteiger partial charge is 0.252 e. The number of carbonyl (C=O) groups excluding carboxylic acids is 2. The molecule has 1 aromatic heterocycles. The van der Waals surface area contributed by atoms with E-state index in [0.717, 1.165) is 10.2 Å². The highest BCUT2D eigenvalue weighted by molar-refractivity contribution is 9.11. The number of hydrogen-bond acceptors (Lipinski definition) is 3. The summed E-state index contributed by atoms with van der Waals surface area (Å²) in [6.45, 7) is 0.704. The summed E-state index contributed by atoms with van der Waals surface area (Å²) in [7, 11) is 0.